The zero-order chi connectivity index (χ0) is 9.26. The molecule has 1 aliphatic heterocycles. The molecule has 1 heterocycles. The summed E-state index contributed by atoms with van der Waals surface area (Å²) in [7, 11) is 0. The minimum absolute atomic E-state index is 0.663. The summed E-state index contributed by atoms with van der Waals surface area (Å²) in [6, 6.07) is 8.64. The van der Waals surface area contributed by atoms with Crippen LogP contribution in [0.3, 0.4) is 0 Å². The van der Waals surface area contributed by atoms with Crippen molar-refractivity contribution in [1.82, 2.24) is 0 Å². The predicted octanol–water partition coefficient (Wildman–Crippen LogP) is 2.80. The molecule has 1 unspecified atom stereocenters. The first-order valence-corrected chi connectivity index (χ1v) is 4.77. The molecule has 1 aromatic carbocycles. The third-order valence-electron chi connectivity index (χ3n) is 2.65. The zero-order valence-electron chi connectivity index (χ0n) is 8.03. The normalized spacial score (nSPS) is 20.1. The molecule has 1 aromatic rings. The molecule has 0 saturated carbocycles. The van der Waals surface area contributed by atoms with Gasteiger partial charge in [-0.2, -0.15) is 0 Å². The summed E-state index contributed by atoms with van der Waals surface area (Å²) in [6.45, 7) is 8.15. The number of anilines is 1. The van der Waals surface area contributed by atoms with Crippen LogP contribution in [0.4, 0.5) is 5.69 Å². The van der Waals surface area contributed by atoms with Gasteiger partial charge in [0.05, 0.1) is 0 Å². The summed E-state index contributed by atoms with van der Waals surface area (Å²) in [5, 5.41) is 0. The number of para-hydroxylation sites is 1. The molecule has 68 valence electrons. The third kappa shape index (κ3) is 1.35. The average molecular weight is 173 g/mol. The highest BCUT2D eigenvalue weighted by atomic mass is 15.1. The Balaban J connectivity index is 2.35. The standard InChI is InChI=1S/C12H15N/c1-3-8-13-9-10(2)11-6-4-5-7-12(11)13/h3-7,10H,1,8-9H2,2H3. The van der Waals surface area contributed by atoms with Crippen molar-refractivity contribution < 1.29 is 0 Å². The highest BCUT2D eigenvalue weighted by molar-refractivity contribution is 5.60. The van der Waals surface area contributed by atoms with Crippen LogP contribution in [0.2, 0.25) is 0 Å². The van der Waals surface area contributed by atoms with Gasteiger partial charge in [0.1, 0.15) is 0 Å². The fourth-order valence-electron chi connectivity index (χ4n) is 2.05. The first-order valence-electron chi connectivity index (χ1n) is 4.77. The van der Waals surface area contributed by atoms with Gasteiger partial charge in [-0.15, -0.1) is 6.58 Å². The molecule has 1 heteroatoms. The Hall–Kier alpha value is -1.24. The summed E-state index contributed by atoms with van der Waals surface area (Å²) in [5.74, 6) is 0.663. The maximum atomic E-state index is 3.78. The molecule has 0 bridgehead atoms. The van der Waals surface area contributed by atoms with Crippen molar-refractivity contribution in [3.8, 4) is 0 Å². The van der Waals surface area contributed by atoms with Crippen LogP contribution in [0.1, 0.15) is 18.4 Å². The number of rotatable bonds is 2. The minimum atomic E-state index is 0.663. The number of hydrogen-bond acceptors (Lipinski definition) is 1. The molecule has 13 heavy (non-hydrogen) atoms. The van der Waals surface area contributed by atoms with E-state index in [0.29, 0.717) is 5.92 Å². The maximum absolute atomic E-state index is 3.78. The van der Waals surface area contributed by atoms with E-state index in [1.807, 2.05) is 6.08 Å². The van der Waals surface area contributed by atoms with Gasteiger partial charge in [0.25, 0.3) is 0 Å². The molecule has 0 aliphatic carbocycles. The Morgan fingerprint density at radius 3 is 3.08 bits per heavy atom. The molecule has 1 aliphatic rings. The van der Waals surface area contributed by atoms with Gasteiger partial charge in [-0.3, -0.25) is 0 Å². The molecule has 0 N–H and O–H groups in total. The van der Waals surface area contributed by atoms with Crippen molar-refractivity contribution >= 4 is 5.69 Å². The van der Waals surface area contributed by atoms with Crippen LogP contribution >= 0.6 is 0 Å². The van der Waals surface area contributed by atoms with E-state index in [4.69, 9.17) is 0 Å². The van der Waals surface area contributed by atoms with Gasteiger partial charge in [0.2, 0.25) is 0 Å². The lowest BCUT2D eigenvalue weighted by atomic mass is 10.0. The van der Waals surface area contributed by atoms with Crippen molar-refractivity contribution in [3.05, 3.63) is 42.5 Å². The van der Waals surface area contributed by atoms with Crippen molar-refractivity contribution in [1.29, 1.82) is 0 Å². The predicted molar refractivity (Wildman–Crippen MR) is 57.3 cm³/mol. The minimum Gasteiger partial charge on any atom is -0.367 e. The number of benzene rings is 1. The topological polar surface area (TPSA) is 3.24 Å². The quantitative estimate of drug-likeness (QED) is 0.622. The van der Waals surface area contributed by atoms with Crippen molar-refractivity contribution in [2.45, 2.75) is 12.8 Å². The molecular formula is C12H15N. The molecule has 0 amide bonds. The summed E-state index contributed by atoms with van der Waals surface area (Å²) in [4.78, 5) is 2.38. The Bertz CT molecular complexity index is 317. The first-order chi connectivity index (χ1) is 6.33. The van der Waals surface area contributed by atoms with Crippen LogP contribution in [-0.4, -0.2) is 13.1 Å². The van der Waals surface area contributed by atoms with E-state index in [9.17, 15) is 0 Å². The van der Waals surface area contributed by atoms with E-state index < -0.39 is 0 Å². The molecule has 2 rings (SSSR count). The first kappa shape index (κ1) is 8.36. The van der Waals surface area contributed by atoms with Crippen LogP contribution < -0.4 is 4.90 Å². The van der Waals surface area contributed by atoms with E-state index in [-0.39, 0.29) is 0 Å². The van der Waals surface area contributed by atoms with E-state index in [2.05, 4.69) is 42.7 Å². The van der Waals surface area contributed by atoms with Crippen LogP contribution in [-0.2, 0) is 0 Å². The summed E-state index contributed by atoms with van der Waals surface area (Å²) >= 11 is 0. The molecule has 0 spiro atoms. The maximum Gasteiger partial charge on any atom is 0.0405 e. The monoisotopic (exact) mass is 173 g/mol. The van der Waals surface area contributed by atoms with Gasteiger partial charge in [0.15, 0.2) is 0 Å². The highest BCUT2D eigenvalue weighted by Gasteiger charge is 2.23. The van der Waals surface area contributed by atoms with Gasteiger partial charge >= 0.3 is 0 Å². The van der Waals surface area contributed by atoms with Gasteiger partial charge in [-0.05, 0) is 11.6 Å². The largest absolute Gasteiger partial charge is 0.367 e. The Kier molecular flexibility index (Phi) is 2.09. The molecule has 0 aromatic heterocycles. The van der Waals surface area contributed by atoms with E-state index in [1.165, 1.54) is 11.3 Å². The van der Waals surface area contributed by atoms with E-state index in [0.717, 1.165) is 13.1 Å². The molecule has 0 saturated heterocycles. The van der Waals surface area contributed by atoms with Crippen molar-refractivity contribution in [2.75, 3.05) is 18.0 Å². The van der Waals surface area contributed by atoms with E-state index in [1.54, 1.807) is 0 Å². The number of fused-ring (bicyclic) bond motifs is 1. The number of hydrogen-bond donors (Lipinski definition) is 0. The van der Waals surface area contributed by atoms with Crippen LogP contribution in [0.15, 0.2) is 36.9 Å². The Morgan fingerprint density at radius 2 is 2.31 bits per heavy atom. The van der Waals surface area contributed by atoms with Gasteiger partial charge in [-0.1, -0.05) is 31.2 Å². The van der Waals surface area contributed by atoms with Gasteiger partial charge < -0.3 is 4.90 Å². The lowest BCUT2D eigenvalue weighted by molar-refractivity contribution is 0.777. The molecule has 0 fully saturated rings. The second-order valence-corrected chi connectivity index (χ2v) is 3.65. The Morgan fingerprint density at radius 1 is 1.54 bits per heavy atom. The van der Waals surface area contributed by atoms with E-state index >= 15 is 0 Å². The third-order valence-corrected chi connectivity index (χ3v) is 2.65. The van der Waals surface area contributed by atoms with Crippen LogP contribution in [0, 0.1) is 0 Å². The van der Waals surface area contributed by atoms with Crippen LogP contribution in [0.5, 0.6) is 0 Å². The lowest BCUT2D eigenvalue weighted by Crippen LogP contribution is -2.20. The van der Waals surface area contributed by atoms with Gasteiger partial charge in [0, 0.05) is 24.7 Å². The summed E-state index contributed by atoms with van der Waals surface area (Å²) in [6.07, 6.45) is 1.97. The SMILES string of the molecule is C=CCN1CC(C)c2ccccc21. The fourth-order valence-corrected chi connectivity index (χ4v) is 2.05. The second-order valence-electron chi connectivity index (χ2n) is 3.65. The highest BCUT2D eigenvalue weighted by Crippen LogP contribution is 2.35. The lowest BCUT2D eigenvalue weighted by Gasteiger charge is -2.16. The smallest absolute Gasteiger partial charge is 0.0405 e. The average Bonchev–Trinajstić information content (AvgIpc) is 2.46. The van der Waals surface area contributed by atoms with Gasteiger partial charge in [-0.25, -0.2) is 0 Å². The summed E-state index contributed by atoms with van der Waals surface area (Å²) in [5.41, 5.74) is 2.86. The second kappa shape index (κ2) is 3.25. The molecule has 1 atom stereocenters. The molecule has 0 radical (unpaired) electrons. The van der Waals surface area contributed by atoms with Crippen molar-refractivity contribution in [2.24, 2.45) is 0 Å². The molecular weight excluding hydrogens is 158 g/mol. The van der Waals surface area contributed by atoms with Crippen molar-refractivity contribution in [3.63, 3.8) is 0 Å². The summed E-state index contributed by atoms with van der Waals surface area (Å²) < 4.78 is 0. The van der Waals surface area contributed by atoms with Crippen LogP contribution in [0.25, 0.3) is 0 Å². The Labute approximate surface area is 79.7 Å². The number of nitrogens with zero attached hydrogens (tertiary/aromatic N) is 1. The fraction of sp³-hybridized carbons (Fsp3) is 0.333. The molecule has 1 nitrogen and oxygen atoms in total. The zero-order valence-corrected chi connectivity index (χ0v) is 8.03.